The summed E-state index contributed by atoms with van der Waals surface area (Å²) in [5.41, 5.74) is -0.375. The third-order valence-corrected chi connectivity index (χ3v) is 5.39. The molecule has 2 fully saturated rings. The van der Waals surface area contributed by atoms with Gasteiger partial charge in [0.1, 0.15) is 0 Å². The molecule has 25 heavy (non-hydrogen) atoms. The number of piperidine rings is 1. The first kappa shape index (κ1) is 17.9. The summed E-state index contributed by atoms with van der Waals surface area (Å²) in [6, 6.07) is 3.69. The summed E-state index contributed by atoms with van der Waals surface area (Å²) in [6.45, 7) is 7.48. The van der Waals surface area contributed by atoms with E-state index in [2.05, 4.69) is 4.98 Å². The van der Waals surface area contributed by atoms with Gasteiger partial charge in [-0.05, 0) is 39.7 Å². The lowest BCUT2D eigenvalue weighted by molar-refractivity contribution is -0.140. The molecule has 2 aliphatic heterocycles. The molecule has 136 valence electrons. The normalized spacial score (nSPS) is 23.8. The van der Waals surface area contributed by atoms with Crippen LogP contribution in [0.5, 0.6) is 0 Å². The van der Waals surface area contributed by atoms with Crippen LogP contribution in [0, 0.1) is 5.92 Å². The van der Waals surface area contributed by atoms with Crippen LogP contribution in [0.25, 0.3) is 0 Å². The minimum atomic E-state index is -0.923. The second kappa shape index (κ2) is 6.41. The van der Waals surface area contributed by atoms with E-state index >= 15 is 0 Å². The summed E-state index contributed by atoms with van der Waals surface area (Å²) in [4.78, 5) is 32.7. The number of nitrogens with zero attached hydrogens (tertiary/aromatic N) is 3. The molecule has 1 aromatic heterocycles. The Bertz CT molecular complexity index is 646. The lowest BCUT2D eigenvalue weighted by Gasteiger charge is -2.39. The number of rotatable bonds is 2. The van der Waals surface area contributed by atoms with Gasteiger partial charge in [0, 0.05) is 49.6 Å². The van der Waals surface area contributed by atoms with Gasteiger partial charge >= 0.3 is 0 Å². The van der Waals surface area contributed by atoms with Crippen molar-refractivity contribution < 1.29 is 14.7 Å². The number of hydrogen-bond acceptors (Lipinski definition) is 4. The Hall–Kier alpha value is -1.95. The number of aromatic nitrogens is 1. The van der Waals surface area contributed by atoms with Crippen molar-refractivity contribution in [2.45, 2.75) is 51.2 Å². The monoisotopic (exact) mass is 345 g/mol. The molecule has 6 nitrogen and oxygen atoms in total. The van der Waals surface area contributed by atoms with Crippen molar-refractivity contribution in [3.63, 3.8) is 0 Å². The molecule has 1 aromatic rings. The summed E-state index contributed by atoms with van der Waals surface area (Å²) < 4.78 is 0. The molecular formula is C19H27N3O3. The van der Waals surface area contributed by atoms with E-state index in [1.807, 2.05) is 32.9 Å². The topological polar surface area (TPSA) is 73.7 Å². The van der Waals surface area contributed by atoms with Crippen LogP contribution in [-0.4, -0.2) is 56.9 Å². The highest BCUT2D eigenvalue weighted by atomic mass is 16.3. The van der Waals surface area contributed by atoms with Crippen molar-refractivity contribution in [2.75, 3.05) is 19.6 Å². The Morgan fingerprint density at radius 1 is 1.32 bits per heavy atom. The summed E-state index contributed by atoms with van der Waals surface area (Å²) >= 11 is 0. The average Bonchev–Trinajstić information content (AvgIpc) is 2.98. The van der Waals surface area contributed by atoms with Gasteiger partial charge in [0.25, 0.3) is 0 Å². The van der Waals surface area contributed by atoms with Gasteiger partial charge in [0.15, 0.2) is 0 Å². The minimum absolute atomic E-state index is 0.0355. The lowest BCUT2D eigenvalue weighted by Crippen LogP contribution is -2.48. The van der Waals surface area contributed by atoms with Crippen molar-refractivity contribution in [1.29, 1.82) is 0 Å². The number of aliphatic hydroxyl groups is 1. The SMILES string of the molecule is CC(C)(C)N1CC(C(=O)N2CCC(O)(c3cccnc3)CC2)CC1=O. The zero-order valence-corrected chi connectivity index (χ0v) is 15.2. The smallest absolute Gasteiger partial charge is 0.227 e. The second-order valence-corrected chi connectivity index (χ2v) is 8.17. The number of hydrogen-bond donors (Lipinski definition) is 1. The van der Waals surface area contributed by atoms with Gasteiger partial charge in [-0.1, -0.05) is 6.07 Å². The third kappa shape index (κ3) is 3.54. The molecule has 1 unspecified atom stereocenters. The van der Waals surface area contributed by atoms with Gasteiger partial charge in [0.2, 0.25) is 11.8 Å². The third-order valence-electron chi connectivity index (χ3n) is 5.39. The van der Waals surface area contributed by atoms with Crippen LogP contribution in [0.4, 0.5) is 0 Å². The minimum Gasteiger partial charge on any atom is -0.385 e. The van der Waals surface area contributed by atoms with E-state index in [1.54, 1.807) is 22.2 Å². The Balaban J connectivity index is 1.62. The molecule has 1 atom stereocenters. The van der Waals surface area contributed by atoms with Gasteiger partial charge < -0.3 is 14.9 Å². The van der Waals surface area contributed by atoms with Crippen molar-refractivity contribution in [3.8, 4) is 0 Å². The van der Waals surface area contributed by atoms with Crippen LogP contribution in [0.15, 0.2) is 24.5 Å². The van der Waals surface area contributed by atoms with E-state index in [0.29, 0.717) is 38.9 Å². The fourth-order valence-electron chi connectivity index (χ4n) is 3.80. The van der Waals surface area contributed by atoms with Crippen LogP contribution in [-0.2, 0) is 15.2 Å². The first-order valence-electron chi connectivity index (χ1n) is 8.93. The van der Waals surface area contributed by atoms with Gasteiger partial charge in [-0.3, -0.25) is 14.6 Å². The number of carbonyl (C=O) groups excluding carboxylic acids is 2. The fraction of sp³-hybridized carbons (Fsp3) is 0.632. The van der Waals surface area contributed by atoms with Gasteiger partial charge in [-0.15, -0.1) is 0 Å². The maximum atomic E-state index is 12.8. The van der Waals surface area contributed by atoms with E-state index in [0.717, 1.165) is 5.56 Å². The predicted octanol–water partition coefficient (Wildman–Crippen LogP) is 1.54. The van der Waals surface area contributed by atoms with Crippen LogP contribution in [0.1, 0.15) is 45.6 Å². The Labute approximate surface area is 148 Å². The van der Waals surface area contributed by atoms with Gasteiger partial charge in [0.05, 0.1) is 11.5 Å². The molecule has 3 heterocycles. The van der Waals surface area contributed by atoms with Crippen molar-refractivity contribution >= 4 is 11.8 Å². The summed E-state index contributed by atoms with van der Waals surface area (Å²) in [7, 11) is 0. The predicted molar refractivity (Wildman–Crippen MR) is 93.5 cm³/mol. The molecule has 2 saturated heterocycles. The average molecular weight is 345 g/mol. The number of likely N-dealkylation sites (tertiary alicyclic amines) is 2. The molecule has 0 bridgehead atoms. The molecule has 0 spiro atoms. The molecule has 2 aliphatic rings. The quantitative estimate of drug-likeness (QED) is 0.882. The first-order chi connectivity index (χ1) is 11.7. The largest absolute Gasteiger partial charge is 0.385 e. The molecule has 0 aromatic carbocycles. The molecule has 1 N–H and O–H groups in total. The van der Waals surface area contributed by atoms with Crippen LogP contribution >= 0.6 is 0 Å². The number of amides is 2. The van der Waals surface area contributed by atoms with Crippen molar-refractivity contribution in [1.82, 2.24) is 14.8 Å². The Kier molecular flexibility index (Phi) is 4.58. The summed E-state index contributed by atoms with van der Waals surface area (Å²) in [5.74, 6) is -0.181. The molecule has 0 saturated carbocycles. The van der Waals surface area contributed by atoms with E-state index in [9.17, 15) is 14.7 Å². The summed E-state index contributed by atoms with van der Waals surface area (Å²) in [6.07, 6.45) is 4.65. The highest BCUT2D eigenvalue weighted by Gasteiger charge is 2.43. The zero-order valence-electron chi connectivity index (χ0n) is 15.2. The maximum Gasteiger partial charge on any atom is 0.227 e. The molecule has 3 rings (SSSR count). The Morgan fingerprint density at radius 3 is 2.52 bits per heavy atom. The zero-order chi connectivity index (χ0) is 18.2. The van der Waals surface area contributed by atoms with E-state index in [1.165, 1.54) is 0 Å². The van der Waals surface area contributed by atoms with E-state index in [-0.39, 0.29) is 23.3 Å². The van der Waals surface area contributed by atoms with Crippen LogP contribution in [0.3, 0.4) is 0 Å². The van der Waals surface area contributed by atoms with Gasteiger partial charge in [-0.2, -0.15) is 0 Å². The highest BCUT2D eigenvalue weighted by Crippen LogP contribution is 2.34. The lowest BCUT2D eigenvalue weighted by atomic mass is 9.85. The Morgan fingerprint density at radius 2 is 2.00 bits per heavy atom. The van der Waals surface area contributed by atoms with E-state index in [4.69, 9.17) is 0 Å². The summed E-state index contributed by atoms with van der Waals surface area (Å²) in [5, 5.41) is 10.9. The van der Waals surface area contributed by atoms with E-state index < -0.39 is 5.60 Å². The van der Waals surface area contributed by atoms with Crippen LogP contribution < -0.4 is 0 Å². The molecule has 0 radical (unpaired) electrons. The maximum absolute atomic E-state index is 12.8. The second-order valence-electron chi connectivity index (χ2n) is 8.17. The van der Waals surface area contributed by atoms with Crippen molar-refractivity contribution in [3.05, 3.63) is 30.1 Å². The standard InChI is InChI=1S/C19H27N3O3/c1-18(2,3)22-13-14(11-16(22)23)17(24)21-9-6-19(25,7-10-21)15-5-4-8-20-12-15/h4-5,8,12,14,25H,6-7,9-11,13H2,1-3H3. The number of carbonyl (C=O) groups is 2. The number of pyridine rings is 1. The van der Waals surface area contributed by atoms with Crippen molar-refractivity contribution in [2.24, 2.45) is 5.92 Å². The molecule has 2 amide bonds. The highest BCUT2D eigenvalue weighted by molar-refractivity contribution is 5.89. The molecule has 6 heteroatoms. The first-order valence-corrected chi connectivity index (χ1v) is 8.93. The van der Waals surface area contributed by atoms with Crippen LogP contribution in [0.2, 0.25) is 0 Å². The molecule has 0 aliphatic carbocycles. The molecular weight excluding hydrogens is 318 g/mol. The fourth-order valence-corrected chi connectivity index (χ4v) is 3.80. The van der Waals surface area contributed by atoms with Gasteiger partial charge in [-0.25, -0.2) is 0 Å².